The maximum absolute atomic E-state index is 12.0. The van der Waals surface area contributed by atoms with Crippen LogP contribution in [0.5, 0.6) is 5.75 Å². The molecule has 1 fully saturated rings. The van der Waals surface area contributed by atoms with Crippen LogP contribution in [-0.4, -0.2) is 30.5 Å². The number of carbonyl (C=O) groups excluding carboxylic acids is 2. The summed E-state index contributed by atoms with van der Waals surface area (Å²) in [5.41, 5.74) is 6.29. The molecule has 1 aromatic rings. The highest BCUT2D eigenvalue weighted by molar-refractivity contribution is 6.06. The van der Waals surface area contributed by atoms with Crippen molar-refractivity contribution in [1.29, 1.82) is 0 Å². The molecule has 6 heteroatoms. The van der Waals surface area contributed by atoms with Crippen LogP contribution in [0.2, 0.25) is 0 Å². The predicted octanol–water partition coefficient (Wildman–Crippen LogP) is 0.909. The van der Waals surface area contributed by atoms with Crippen LogP contribution in [0.3, 0.4) is 0 Å². The maximum atomic E-state index is 12.0. The first-order valence-electron chi connectivity index (χ1n) is 6.50. The van der Waals surface area contributed by atoms with E-state index in [1.807, 2.05) is 6.92 Å². The summed E-state index contributed by atoms with van der Waals surface area (Å²) >= 11 is 0. The number of nitrogen functional groups attached to an aromatic ring is 1. The lowest BCUT2D eigenvalue weighted by Gasteiger charge is -2.41. The van der Waals surface area contributed by atoms with Gasteiger partial charge in [0.15, 0.2) is 0 Å². The van der Waals surface area contributed by atoms with E-state index in [1.54, 1.807) is 36.9 Å². The summed E-state index contributed by atoms with van der Waals surface area (Å²) in [6, 6.07) is 5.26. The smallest absolute Gasteiger partial charge is 0.251 e. The third-order valence-corrected chi connectivity index (χ3v) is 3.39. The van der Waals surface area contributed by atoms with Crippen LogP contribution in [0, 0.1) is 0 Å². The van der Waals surface area contributed by atoms with E-state index in [9.17, 15) is 9.59 Å². The molecule has 0 bridgehead atoms. The van der Waals surface area contributed by atoms with Crippen LogP contribution in [0.25, 0.3) is 0 Å². The Bertz CT molecular complexity index is 555. The number of piperazine rings is 1. The number of benzene rings is 1. The summed E-state index contributed by atoms with van der Waals surface area (Å²) in [5.74, 6) is -0.0770. The van der Waals surface area contributed by atoms with Crippen LogP contribution in [0.15, 0.2) is 18.2 Å². The lowest BCUT2D eigenvalue weighted by Crippen LogP contribution is -2.64. The van der Waals surface area contributed by atoms with Crippen LogP contribution in [0.1, 0.15) is 20.8 Å². The average Bonchev–Trinajstić information content (AvgIpc) is 2.37. The molecule has 1 heterocycles. The van der Waals surface area contributed by atoms with Crippen molar-refractivity contribution in [1.82, 2.24) is 5.32 Å². The molecular weight excluding hydrogens is 258 g/mol. The van der Waals surface area contributed by atoms with Crippen LogP contribution in [-0.2, 0) is 9.59 Å². The van der Waals surface area contributed by atoms with E-state index in [0.29, 0.717) is 18.0 Å². The molecule has 1 aliphatic rings. The summed E-state index contributed by atoms with van der Waals surface area (Å²) in [4.78, 5) is 25.3. The SMILES string of the molecule is CCOc1cc(N2CC(=O)NC(=O)C2(C)C)ccc1N. The van der Waals surface area contributed by atoms with Gasteiger partial charge in [0.05, 0.1) is 18.8 Å². The zero-order chi connectivity index (χ0) is 14.9. The highest BCUT2D eigenvalue weighted by Crippen LogP contribution is 2.32. The minimum atomic E-state index is -0.812. The van der Waals surface area contributed by atoms with Crippen molar-refractivity contribution in [2.75, 3.05) is 23.8 Å². The van der Waals surface area contributed by atoms with E-state index >= 15 is 0 Å². The largest absolute Gasteiger partial charge is 0.492 e. The Morgan fingerprint density at radius 3 is 2.75 bits per heavy atom. The van der Waals surface area contributed by atoms with Gasteiger partial charge in [-0.25, -0.2) is 0 Å². The van der Waals surface area contributed by atoms with Crippen molar-refractivity contribution in [2.45, 2.75) is 26.3 Å². The zero-order valence-corrected chi connectivity index (χ0v) is 11.9. The Balaban J connectivity index is 2.41. The first kappa shape index (κ1) is 14.2. The minimum Gasteiger partial charge on any atom is -0.492 e. The van der Waals surface area contributed by atoms with E-state index in [-0.39, 0.29) is 18.4 Å². The molecular formula is C14H19N3O3. The molecule has 0 aromatic heterocycles. The molecule has 1 aromatic carbocycles. The van der Waals surface area contributed by atoms with Crippen molar-refractivity contribution in [2.24, 2.45) is 0 Å². The molecule has 1 saturated heterocycles. The predicted molar refractivity (Wildman–Crippen MR) is 76.6 cm³/mol. The third kappa shape index (κ3) is 2.41. The molecule has 0 atom stereocenters. The Labute approximate surface area is 117 Å². The number of carbonyl (C=O) groups is 2. The average molecular weight is 277 g/mol. The fraction of sp³-hybridized carbons (Fsp3) is 0.429. The first-order chi connectivity index (χ1) is 9.36. The number of nitrogens with two attached hydrogens (primary N) is 1. The number of hydrogen-bond acceptors (Lipinski definition) is 5. The second-order valence-corrected chi connectivity index (χ2v) is 5.18. The van der Waals surface area contributed by atoms with Crippen LogP contribution < -0.4 is 20.7 Å². The Morgan fingerprint density at radius 1 is 1.40 bits per heavy atom. The molecule has 108 valence electrons. The van der Waals surface area contributed by atoms with Gasteiger partial charge in [-0.05, 0) is 32.9 Å². The molecule has 2 rings (SSSR count). The van der Waals surface area contributed by atoms with Gasteiger partial charge in [-0.3, -0.25) is 14.9 Å². The minimum absolute atomic E-state index is 0.119. The van der Waals surface area contributed by atoms with Gasteiger partial charge < -0.3 is 15.4 Å². The standard InChI is InChI=1S/C14H19N3O3/c1-4-20-11-7-9(5-6-10(11)15)17-8-12(18)16-13(19)14(17,2)3/h5-7H,4,8,15H2,1-3H3,(H,16,18,19). The number of ether oxygens (including phenoxy) is 1. The molecule has 3 N–H and O–H groups in total. The van der Waals surface area contributed by atoms with Crippen molar-refractivity contribution < 1.29 is 14.3 Å². The molecule has 20 heavy (non-hydrogen) atoms. The fourth-order valence-corrected chi connectivity index (χ4v) is 2.17. The van der Waals surface area contributed by atoms with Crippen molar-refractivity contribution >= 4 is 23.2 Å². The summed E-state index contributed by atoms with van der Waals surface area (Å²) < 4.78 is 5.45. The van der Waals surface area contributed by atoms with E-state index < -0.39 is 5.54 Å². The Kier molecular flexibility index (Phi) is 3.57. The number of amides is 2. The topological polar surface area (TPSA) is 84.7 Å². The monoisotopic (exact) mass is 277 g/mol. The second kappa shape index (κ2) is 5.03. The summed E-state index contributed by atoms with van der Waals surface area (Å²) in [6.07, 6.45) is 0. The molecule has 2 amide bonds. The number of hydrogen-bond donors (Lipinski definition) is 2. The summed E-state index contributed by atoms with van der Waals surface area (Å²) in [5, 5.41) is 2.34. The molecule has 1 aliphatic heterocycles. The number of nitrogens with one attached hydrogen (secondary N) is 1. The Morgan fingerprint density at radius 2 is 2.10 bits per heavy atom. The van der Waals surface area contributed by atoms with Gasteiger partial charge in [0.2, 0.25) is 5.91 Å². The van der Waals surface area contributed by atoms with Crippen LogP contribution >= 0.6 is 0 Å². The lowest BCUT2D eigenvalue weighted by molar-refractivity contribution is -0.135. The number of rotatable bonds is 3. The van der Waals surface area contributed by atoms with E-state index in [1.165, 1.54) is 0 Å². The van der Waals surface area contributed by atoms with Gasteiger partial charge in [-0.1, -0.05) is 0 Å². The van der Waals surface area contributed by atoms with E-state index in [0.717, 1.165) is 5.69 Å². The number of imide groups is 1. The van der Waals surface area contributed by atoms with Gasteiger partial charge in [0, 0.05) is 11.8 Å². The van der Waals surface area contributed by atoms with Gasteiger partial charge in [-0.2, -0.15) is 0 Å². The highest BCUT2D eigenvalue weighted by atomic mass is 16.5. The van der Waals surface area contributed by atoms with Gasteiger partial charge in [-0.15, -0.1) is 0 Å². The zero-order valence-electron chi connectivity index (χ0n) is 11.9. The first-order valence-corrected chi connectivity index (χ1v) is 6.50. The normalized spacial score (nSPS) is 17.9. The molecule has 6 nitrogen and oxygen atoms in total. The van der Waals surface area contributed by atoms with Gasteiger partial charge in [0.1, 0.15) is 11.3 Å². The molecule has 0 spiro atoms. The van der Waals surface area contributed by atoms with E-state index in [2.05, 4.69) is 5.32 Å². The van der Waals surface area contributed by atoms with E-state index in [4.69, 9.17) is 10.5 Å². The second-order valence-electron chi connectivity index (χ2n) is 5.18. The van der Waals surface area contributed by atoms with Crippen molar-refractivity contribution in [3.8, 4) is 5.75 Å². The quantitative estimate of drug-likeness (QED) is 0.633. The fourth-order valence-electron chi connectivity index (χ4n) is 2.17. The summed E-state index contributed by atoms with van der Waals surface area (Å²) in [6.45, 7) is 6.02. The highest BCUT2D eigenvalue weighted by Gasteiger charge is 2.41. The van der Waals surface area contributed by atoms with Gasteiger partial charge in [0.25, 0.3) is 5.91 Å². The molecule has 0 saturated carbocycles. The van der Waals surface area contributed by atoms with Crippen LogP contribution in [0.4, 0.5) is 11.4 Å². The van der Waals surface area contributed by atoms with Crippen molar-refractivity contribution in [3.05, 3.63) is 18.2 Å². The molecule has 0 aliphatic carbocycles. The van der Waals surface area contributed by atoms with Crippen molar-refractivity contribution in [3.63, 3.8) is 0 Å². The number of anilines is 2. The maximum Gasteiger partial charge on any atom is 0.251 e. The summed E-state index contributed by atoms with van der Waals surface area (Å²) in [7, 11) is 0. The molecule has 0 radical (unpaired) electrons. The Hall–Kier alpha value is -2.24. The number of nitrogens with zero attached hydrogens (tertiary/aromatic N) is 1. The van der Waals surface area contributed by atoms with Gasteiger partial charge >= 0.3 is 0 Å². The molecule has 0 unspecified atom stereocenters. The lowest BCUT2D eigenvalue weighted by atomic mass is 9.97. The third-order valence-electron chi connectivity index (χ3n) is 3.39.